The summed E-state index contributed by atoms with van der Waals surface area (Å²) in [4.78, 5) is 23.7. The van der Waals surface area contributed by atoms with Gasteiger partial charge in [-0.15, -0.1) is 0 Å². The quantitative estimate of drug-likeness (QED) is 0.833. The van der Waals surface area contributed by atoms with Crippen LogP contribution in [0.2, 0.25) is 0 Å². The Balaban J connectivity index is 1.55. The van der Waals surface area contributed by atoms with Gasteiger partial charge in [-0.05, 0) is 62.2 Å². The van der Waals surface area contributed by atoms with E-state index in [4.69, 9.17) is 4.42 Å². The molecule has 23 heavy (non-hydrogen) atoms. The number of benzene rings is 1. The van der Waals surface area contributed by atoms with Gasteiger partial charge in [-0.2, -0.15) is 0 Å². The highest BCUT2D eigenvalue weighted by atomic mass is 16.3. The van der Waals surface area contributed by atoms with E-state index < -0.39 is 0 Å². The number of anilines is 1. The first-order valence-corrected chi connectivity index (χ1v) is 7.56. The standard InChI is InChI=1S/C18H18N2O3/c1-12-2-9-16(23-12)10-11-17(21)19-14-5-3-13(4-6-14)18(22)20-15-7-8-15/h2-6,9-11,15H,7-8H2,1H3,(H,19,21)(H,20,22)/b11-10+. The van der Waals surface area contributed by atoms with Gasteiger partial charge in [0.1, 0.15) is 11.5 Å². The van der Waals surface area contributed by atoms with E-state index in [0.717, 1.165) is 18.6 Å². The number of nitrogens with one attached hydrogen (secondary N) is 2. The summed E-state index contributed by atoms with van der Waals surface area (Å²) in [7, 11) is 0. The number of carbonyl (C=O) groups excluding carboxylic acids is 2. The SMILES string of the molecule is Cc1ccc(/C=C/C(=O)Nc2ccc(C(=O)NC3CC3)cc2)o1. The summed E-state index contributed by atoms with van der Waals surface area (Å²) in [5, 5.41) is 5.66. The summed E-state index contributed by atoms with van der Waals surface area (Å²) in [5.74, 6) is 1.10. The lowest BCUT2D eigenvalue weighted by molar-refractivity contribution is -0.111. The Labute approximate surface area is 134 Å². The zero-order chi connectivity index (χ0) is 16.2. The van der Waals surface area contributed by atoms with Gasteiger partial charge in [0.05, 0.1) is 0 Å². The highest BCUT2D eigenvalue weighted by Gasteiger charge is 2.23. The van der Waals surface area contributed by atoms with Gasteiger partial charge >= 0.3 is 0 Å². The fourth-order valence-electron chi connectivity index (χ4n) is 2.09. The Morgan fingerprint density at radius 2 is 1.87 bits per heavy atom. The van der Waals surface area contributed by atoms with Crippen LogP contribution < -0.4 is 10.6 Å². The van der Waals surface area contributed by atoms with Crippen molar-refractivity contribution in [1.29, 1.82) is 0 Å². The average Bonchev–Trinajstić information content (AvgIpc) is 3.25. The molecule has 3 rings (SSSR count). The van der Waals surface area contributed by atoms with Crippen LogP contribution in [-0.4, -0.2) is 17.9 Å². The molecule has 1 aromatic heterocycles. The molecule has 2 N–H and O–H groups in total. The first-order chi connectivity index (χ1) is 11.1. The third kappa shape index (κ3) is 4.32. The maximum absolute atomic E-state index is 11.9. The molecule has 1 aliphatic carbocycles. The summed E-state index contributed by atoms with van der Waals surface area (Å²) in [6, 6.07) is 10.8. The van der Waals surface area contributed by atoms with Crippen molar-refractivity contribution in [2.45, 2.75) is 25.8 Å². The molecule has 0 aliphatic heterocycles. The zero-order valence-electron chi connectivity index (χ0n) is 12.8. The first kappa shape index (κ1) is 15.1. The van der Waals surface area contributed by atoms with E-state index >= 15 is 0 Å². The number of amides is 2. The van der Waals surface area contributed by atoms with Crippen LogP contribution in [-0.2, 0) is 4.79 Å². The Morgan fingerprint density at radius 1 is 1.13 bits per heavy atom. The van der Waals surface area contributed by atoms with Gasteiger partial charge in [0.15, 0.2) is 0 Å². The summed E-state index contributed by atoms with van der Waals surface area (Å²) >= 11 is 0. The molecular formula is C18H18N2O3. The molecular weight excluding hydrogens is 292 g/mol. The van der Waals surface area contributed by atoms with Crippen molar-refractivity contribution in [3.8, 4) is 0 Å². The second-order valence-corrected chi connectivity index (χ2v) is 5.60. The number of hydrogen-bond donors (Lipinski definition) is 2. The molecule has 118 valence electrons. The molecule has 0 bridgehead atoms. The van der Waals surface area contributed by atoms with Gasteiger partial charge in [0.2, 0.25) is 5.91 Å². The molecule has 0 atom stereocenters. The lowest BCUT2D eigenvalue weighted by Crippen LogP contribution is -2.25. The second kappa shape index (κ2) is 6.52. The van der Waals surface area contributed by atoms with Crippen molar-refractivity contribution >= 4 is 23.6 Å². The van der Waals surface area contributed by atoms with Crippen LogP contribution in [0.15, 0.2) is 46.9 Å². The molecule has 0 radical (unpaired) electrons. The minimum Gasteiger partial charge on any atom is -0.462 e. The Bertz CT molecular complexity index is 740. The smallest absolute Gasteiger partial charge is 0.251 e. The number of carbonyl (C=O) groups is 2. The summed E-state index contributed by atoms with van der Waals surface area (Å²) in [6.45, 7) is 1.85. The number of hydrogen-bond acceptors (Lipinski definition) is 3. The molecule has 5 heteroatoms. The van der Waals surface area contributed by atoms with Crippen LogP contribution in [0.1, 0.15) is 34.7 Å². The van der Waals surface area contributed by atoms with E-state index in [1.165, 1.54) is 6.08 Å². The summed E-state index contributed by atoms with van der Waals surface area (Å²) in [5.41, 5.74) is 1.23. The van der Waals surface area contributed by atoms with Gasteiger partial charge < -0.3 is 15.1 Å². The van der Waals surface area contributed by atoms with Gasteiger partial charge in [-0.3, -0.25) is 9.59 Å². The normalized spacial score (nSPS) is 14.0. The lowest BCUT2D eigenvalue weighted by atomic mass is 10.2. The van der Waals surface area contributed by atoms with Crippen molar-refractivity contribution in [2.75, 3.05) is 5.32 Å². The molecule has 1 fully saturated rings. The van der Waals surface area contributed by atoms with Crippen LogP contribution >= 0.6 is 0 Å². The predicted octanol–water partition coefficient (Wildman–Crippen LogP) is 3.13. The minimum atomic E-state index is -0.255. The molecule has 0 unspecified atom stereocenters. The summed E-state index contributed by atoms with van der Waals surface area (Å²) in [6.07, 6.45) is 5.13. The molecule has 0 saturated heterocycles. The topological polar surface area (TPSA) is 71.3 Å². The van der Waals surface area contributed by atoms with Crippen molar-refractivity contribution < 1.29 is 14.0 Å². The third-order valence-corrected chi connectivity index (χ3v) is 3.49. The highest BCUT2D eigenvalue weighted by Crippen LogP contribution is 2.19. The number of furan rings is 1. The van der Waals surface area contributed by atoms with Gasteiger partial charge in [0.25, 0.3) is 5.91 Å². The van der Waals surface area contributed by atoms with Crippen molar-refractivity contribution in [3.63, 3.8) is 0 Å². The maximum atomic E-state index is 11.9. The summed E-state index contributed by atoms with van der Waals surface area (Å²) < 4.78 is 5.35. The maximum Gasteiger partial charge on any atom is 0.251 e. The van der Waals surface area contributed by atoms with E-state index in [1.807, 2.05) is 13.0 Å². The van der Waals surface area contributed by atoms with E-state index in [2.05, 4.69) is 10.6 Å². The van der Waals surface area contributed by atoms with Crippen LogP contribution in [0.3, 0.4) is 0 Å². The fraction of sp³-hybridized carbons (Fsp3) is 0.222. The van der Waals surface area contributed by atoms with Crippen molar-refractivity contribution in [3.05, 3.63) is 59.6 Å². The number of aryl methyl sites for hydroxylation is 1. The monoisotopic (exact) mass is 310 g/mol. The van der Waals surface area contributed by atoms with E-state index in [9.17, 15) is 9.59 Å². The van der Waals surface area contributed by atoms with E-state index in [1.54, 1.807) is 36.4 Å². The van der Waals surface area contributed by atoms with Gasteiger partial charge in [0, 0.05) is 23.4 Å². The zero-order valence-corrected chi connectivity index (χ0v) is 12.8. The van der Waals surface area contributed by atoms with Crippen LogP contribution in [0.5, 0.6) is 0 Å². The lowest BCUT2D eigenvalue weighted by Gasteiger charge is -2.05. The largest absolute Gasteiger partial charge is 0.462 e. The molecule has 1 aromatic carbocycles. The Kier molecular flexibility index (Phi) is 4.28. The van der Waals surface area contributed by atoms with Crippen molar-refractivity contribution in [1.82, 2.24) is 5.32 Å². The molecule has 5 nitrogen and oxygen atoms in total. The second-order valence-electron chi connectivity index (χ2n) is 5.60. The number of rotatable bonds is 5. The van der Waals surface area contributed by atoms with Crippen LogP contribution in [0.25, 0.3) is 6.08 Å². The van der Waals surface area contributed by atoms with E-state index in [-0.39, 0.29) is 11.8 Å². The molecule has 1 aliphatic rings. The van der Waals surface area contributed by atoms with Gasteiger partial charge in [-0.1, -0.05) is 0 Å². The molecule has 0 spiro atoms. The Hall–Kier alpha value is -2.82. The molecule has 2 aromatic rings. The molecule has 1 heterocycles. The molecule has 1 saturated carbocycles. The van der Waals surface area contributed by atoms with E-state index in [0.29, 0.717) is 23.1 Å². The van der Waals surface area contributed by atoms with Crippen molar-refractivity contribution in [2.24, 2.45) is 0 Å². The first-order valence-electron chi connectivity index (χ1n) is 7.56. The van der Waals surface area contributed by atoms with Crippen LogP contribution in [0.4, 0.5) is 5.69 Å². The molecule has 2 amide bonds. The highest BCUT2D eigenvalue weighted by molar-refractivity contribution is 6.02. The van der Waals surface area contributed by atoms with Gasteiger partial charge in [-0.25, -0.2) is 0 Å². The third-order valence-electron chi connectivity index (χ3n) is 3.49. The average molecular weight is 310 g/mol. The fourth-order valence-corrected chi connectivity index (χ4v) is 2.09. The van der Waals surface area contributed by atoms with Crippen LogP contribution in [0, 0.1) is 6.92 Å². The Morgan fingerprint density at radius 3 is 2.48 bits per heavy atom. The predicted molar refractivity (Wildman–Crippen MR) is 88.0 cm³/mol. The minimum absolute atomic E-state index is 0.0709.